The van der Waals surface area contributed by atoms with Crippen molar-refractivity contribution in [1.82, 2.24) is 14.8 Å². The van der Waals surface area contributed by atoms with Crippen LogP contribution in [0.3, 0.4) is 0 Å². The monoisotopic (exact) mass is 299 g/mol. The summed E-state index contributed by atoms with van der Waals surface area (Å²) < 4.78 is 0. The highest BCUT2D eigenvalue weighted by Crippen LogP contribution is 2.14. The molecule has 4 nitrogen and oxygen atoms in total. The van der Waals surface area contributed by atoms with Crippen LogP contribution in [0, 0.1) is 6.92 Å². The predicted molar refractivity (Wildman–Crippen MR) is 91.6 cm³/mol. The Morgan fingerprint density at radius 1 is 1.14 bits per heavy atom. The number of aryl methyl sites for hydroxylation is 2. The van der Waals surface area contributed by atoms with Gasteiger partial charge in [0.2, 0.25) is 0 Å². The van der Waals surface area contributed by atoms with Crippen LogP contribution >= 0.6 is 0 Å². The van der Waals surface area contributed by atoms with Crippen LogP contribution < -0.4 is 5.56 Å². The van der Waals surface area contributed by atoms with Gasteiger partial charge in [-0.2, -0.15) is 0 Å². The zero-order valence-corrected chi connectivity index (χ0v) is 13.6. The van der Waals surface area contributed by atoms with E-state index in [-0.39, 0.29) is 5.56 Å². The molecule has 3 rings (SSSR count). The second-order valence-corrected chi connectivity index (χ2v) is 6.46. The number of hydrogen-bond donors (Lipinski definition) is 1. The Labute approximate surface area is 131 Å². The van der Waals surface area contributed by atoms with Crippen LogP contribution in [0.2, 0.25) is 0 Å². The molecule has 1 saturated heterocycles. The number of benzene rings is 1. The van der Waals surface area contributed by atoms with Crippen molar-refractivity contribution in [1.29, 1.82) is 0 Å². The van der Waals surface area contributed by atoms with Crippen molar-refractivity contribution in [2.75, 3.05) is 39.8 Å². The molecule has 0 amide bonds. The van der Waals surface area contributed by atoms with Gasteiger partial charge < -0.3 is 14.8 Å². The number of piperazine rings is 1. The Bertz CT molecular complexity index is 699. The third kappa shape index (κ3) is 3.57. The molecule has 0 radical (unpaired) electrons. The fraction of sp³-hybridized carbons (Fsp3) is 0.500. The van der Waals surface area contributed by atoms with Crippen LogP contribution in [-0.2, 0) is 6.42 Å². The Hall–Kier alpha value is -1.65. The average Bonchev–Trinajstić information content (AvgIpc) is 2.50. The van der Waals surface area contributed by atoms with Gasteiger partial charge in [0.05, 0.1) is 0 Å². The fourth-order valence-corrected chi connectivity index (χ4v) is 3.11. The highest BCUT2D eigenvalue weighted by molar-refractivity contribution is 5.79. The van der Waals surface area contributed by atoms with Gasteiger partial charge in [0.1, 0.15) is 0 Å². The predicted octanol–water partition coefficient (Wildman–Crippen LogP) is 2.02. The smallest absolute Gasteiger partial charge is 0.251 e. The summed E-state index contributed by atoms with van der Waals surface area (Å²) in [5.74, 6) is 0. The van der Waals surface area contributed by atoms with Gasteiger partial charge in [-0.05, 0) is 56.4 Å². The van der Waals surface area contributed by atoms with Gasteiger partial charge in [-0.15, -0.1) is 0 Å². The third-order valence-electron chi connectivity index (χ3n) is 4.59. The normalized spacial score (nSPS) is 17.2. The van der Waals surface area contributed by atoms with Crippen molar-refractivity contribution in [3.05, 3.63) is 45.7 Å². The van der Waals surface area contributed by atoms with E-state index < -0.39 is 0 Å². The van der Waals surface area contributed by atoms with Crippen LogP contribution in [-0.4, -0.2) is 54.6 Å². The Kier molecular flexibility index (Phi) is 4.60. The highest BCUT2D eigenvalue weighted by Gasteiger charge is 2.13. The van der Waals surface area contributed by atoms with Gasteiger partial charge in [0.15, 0.2) is 0 Å². The number of aromatic nitrogens is 1. The summed E-state index contributed by atoms with van der Waals surface area (Å²) in [6, 6.07) is 8.27. The number of fused-ring (bicyclic) bond motifs is 1. The maximum absolute atomic E-state index is 12.2. The molecule has 0 aliphatic carbocycles. The number of H-pyrrole nitrogens is 1. The number of hydrogen-bond acceptors (Lipinski definition) is 3. The molecule has 1 aromatic heterocycles. The first-order chi connectivity index (χ1) is 10.6. The molecular formula is C18H25N3O. The number of likely N-dealkylation sites (N-methyl/N-ethyl adjacent to an activating group) is 1. The summed E-state index contributed by atoms with van der Waals surface area (Å²) >= 11 is 0. The van der Waals surface area contributed by atoms with Crippen molar-refractivity contribution < 1.29 is 0 Å². The fourth-order valence-electron chi connectivity index (χ4n) is 3.11. The van der Waals surface area contributed by atoms with E-state index in [0.29, 0.717) is 0 Å². The summed E-state index contributed by atoms with van der Waals surface area (Å²) in [5, 5.41) is 1.12. The van der Waals surface area contributed by atoms with Gasteiger partial charge in [-0.3, -0.25) is 4.79 Å². The lowest BCUT2D eigenvalue weighted by molar-refractivity contribution is 0.153. The summed E-state index contributed by atoms with van der Waals surface area (Å²) in [4.78, 5) is 20.1. The first kappa shape index (κ1) is 15.3. The minimum absolute atomic E-state index is 0.0662. The number of rotatable bonds is 4. The molecule has 22 heavy (non-hydrogen) atoms. The molecule has 2 heterocycles. The maximum Gasteiger partial charge on any atom is 0.251 e. The Balaban J connectivity index is 1.63. The number of nitrogens with zero attached hydrogens (tertiary/aromatic N) is 2. The zero-order chi connectivity index (χ0) is 15.5. The minimum Gasteiger partial charge on any atom is -0.322 e. The average molecular weight is 299 g/mol. The molecule has 0 unspecified atom stereocenters. The van der Waals surface area contributed by atoms with E-state index in [0.717, 1.165) is 62.0 Å². The minimum atomic E-state index is 0.0662. The largest absolute Gasteiger partial charge is 0.322 e. The third-order valence-corrected chi connectivity index (χ3v) is 4.59. The molecule has 1 aliphatic rings. The van der Waals surface area contributed by atoms with E-state index >= 15 is 0 Å². The zero-order valence-electron chi connectivity index (χ0n) is 13.6. The molecule has 1 N–H and O–H groups in total. The van der Waals surface area contributed by atoms with Crippen molar-refractivity contribution in [3.63, 3.8) is 0 Å². The second-order valence-electron chi connectivity index (χ2n) is 6.46. The Morgan fingerprint density at radius 2 is 1.91 bits per heavy atom. The van der Waals surface area contributed by atoms with E-state index in [1.165, 1.54) is 5.56 Å². The first-order valence-electron chi connectivity index (χ1n) is 8.15. The van der Waals surface area contributed by atoms with Crippen molar-refractivity contribution in [3.8, 4) is 0 Å². The SMILES string of the molecule is Cc1ccc2cc(CCCN3CCN(C)CC3)c(=O)[nH]c2c1. The van der Waals surface area contributed by atoms with Gasteiger partial charge in [0, 0.05) is 37.3 Å². The van der Waals surface area contributed by atoms with Gasteiger partial charge >= 0.3 is 0 Å². The number of aromatic amines is 1. The topological polar surface area (TPSA) is 39.3 Å². The van der Waals surface area contributed by atoms with Crippen molar-refractivity contribution >= 4 is 10.9 Å². The molecule has 0 bridgehead atoms. The molecule has 1 fully saturated rings. The van der Waals surface area contributed by atoms with Gasteiger partial charge in [-0.1, -0.05) is 12.1 Å². The number of nitrogens with one attached hydrogen (secondary N) is 1. The van der Waals surface area contributed by atoms with E-state index in [1.54, 1.807) is 0 Å². The molecule has 0 saturated carbocycles. The van der Waals surface area contributed by atoms with Crippen LogP contribution in [0.15, 0.2) is 29.1 Å². The lowest BCUT2D eigenvalue weighted by Gasteiger charge is -2.32. The lowest BCUT2D eigenvalue weighted by atomic mass is 10.1. The quantitative estimate of drug-likeness (QED) is 0.939. The highest BCUT2D eigenvalue weighted by atomic mass is 16.1. The molecule has 118 valence electrons. The van der Waals surface area contributed by atoms with Crippen LogP contribution in [0.1, 0.15) is 17.5 Å². The summed E-state index contributed by atoms with van der Waals surface area (Å²) in [5.41, 5.74) is 3.08. The van der Waals surface area contributed by atoms with Gasteiger partial charge in [-0.25, -0.2) is 0 Å². The summed E-state index contributed by atoms with van der Waals surface area (Å²) in [6.45, 7) is 7.71. The van der Waals surface area contributed by atoms with E-state index in [4.69, 9.17) is 0 Å². The first-order valence-corrected chi connectivity index (χ1v) is 8.15. The maximum atomic E-state index is 12.2. The van der Waals surface area contributed by atoms with Crippen LogP contribution in [0.4, 0.5) is 0 Å². The van der Waals surface area contributed by atoms with Gasteiger partial charge in [0.25, 0.3) is 5.56 Å². The number of pyridine rings is 1. The molecule has 2 aromatic rings. The van der Waals surface area contributed by atoms with E-state index in [2.05, 4.69) is 40.0 Å². The standard InChI is InChI=1S/C18H25N3O/c1-14-5-6-15-13-16(18(22)19-17(15)12-14)4-3-7-21-10-8-20(2)9-11-21/h5-6,12-13H,3-4,7-11H2,1-2H3,(H,19,22). The molecule has 0 atom stereocenters. The second kappa shape index (κ2) is 6.63. The molecular weight excluding hydrogens is 274 g/mol. The molecule has 4 heteroatoms. The van der Waals surface area contributed by atoms with E-state index in [1.807, 2.05) is 13.0 Å². The molecule has 0 spiro atoms. The van der Waals surface area contributed by atoms with Crippen LogP contribution in [0.5, 0.6) is 0 Å². The lowest BCUT2D eigenvalue weighted by Crippen LogP contribution is -2.44. The summed E-state index contributed by atoms with van der Waals surface area (Å²) in [6.07, 6.45) is 1.90. The van der Waals surface area contributed by atoms with Crippen molar-refractivity contribution in [2.24, 2.45) is 0 Å². The molecule has 1 aromatic carbocycles. The van der Waals surface area contributed by atoms with Crippen LogP contribution in [0.25, 0.3) is 10.9 Å². The molecule has 1 aliphatic heterocycles. The van der Waals surface area contributed by atoms with Crippen molar-refractivity contribution in [2.45, 2.75) is 19.8 Å². The Morgan fingerprint density at radius 3 is 2.68 bits per heavy atom. The van der Waals surface area contributed by atoms with E-state index in [9.17, 15) is 4.79 Å². The summed E-state index contributed by atoms with van der Waals surface area (Å²) in [7, 11) is 2.17.